The Balaban J connectivity index is 1.29. The average Bonchev–Trinajstić information content (AvgIpc) is 3.41. The number of piperidine rings is 1. The van der Waals surface area contributed by atoms with Gasteiger partial charge in [-0.25, -0.2) is 4.79 Å². The standard InChI is InChI=1S/C18H22N6O2S/c1-12-17(13(2)26-21-12)19-18(25)23-6-3-14(4-7-23)9-24-10-16(20-22-24)15-5-8-27-11-15/h5,8,10-11,14H,3-4,6-7,9H2,1-2H3,(H,19,25). The number of likely N-dealkylation sites (tertiary alicyclic amines) is 1. The number of nitrogens with one attached hydrogen (secondary N) is 1. The summed E-state index contributed by atoms with van der Waals surface area (Å²) in [6, 6.07) is 1.96. The van der Waals surface area contributed by atoms with E-state index in [-0.39, 0.29) is 6.03 Å². The van der Waals surface area contributed by atoms with Crippen LogP contribution in [0.5, 0.6) is 0 Å². The Labute approximate surface area is 161 Å². The number of anilines is 1. The zero-order valence-corrected chi connectivity index (χ0v) is 16.2. The number of aromatic nitrogens is 4. The normalized spacial score (nSPS) is 15.3. The predicted molar refractivity (Wildman–Crippen MR) is 103 cm³/mol. The molecule has 8 nitrogen and oxygen atoms in total. The summed E-state index contributed by atoms with van der Waals surface area (Å²) in [6.45, 7) is 5.90. The highest BCUT2D eigenvalue weighted by Gasteiger charge is 2.25. The number of carbonyl (C=O) groups excluding carboxylic acids is 1. The number of hydrogen-bond acceptors (Lipinski definition) is 6. The minimum Gasteiger partial charge on any atom is -0.359 e. The first-order valence-electron chi connectivity index (χ1n) is 9.01. The van der Waals surface area contributed by atoms with Crippen LogP contribution < -0.4 is 5.32 Å². The van der Waals surface area contributed by atoms with Crippen molar-refractivity contribution in [1.29, 1.82) is 0 Å². The van der Waals surface area contributed by atoms with Gasteiger partial charge in [-0.15, -0.1) is 5.10 Å². The topological polar surface area (TPSA) is 89.1 Å². The van der Waals surface area contributed by atoms with Crippen LogP contribution in [0.4, 0.5) is 10.5 Å². The molecule has 0 radical (unpaired) electrons. The first kappa shape index (κ1) is 17.7. The number of nitrogens with zero attached hydrogens (tertiary/aromatic N) is 5. The summed E-state index contributed by atoms with van der Waals surface area (Å²) in [5, 5.41) is 19.4. The van der Waals surface area contributed by atoms with Crippen molar-refractivity contribution >= 4 is 23.1 Å². The summed E-state index contributed by atoms with van der Waals surface area (Å²) in [5.74, 6) is 1.12. The van der Waals surface area contributed by atoms with Crippen molar-refractivity contribution in [3.63, 3.8) is 0 Å². The molecule has 0 bridgehead atoms. The highest BCUT2D eigenvalue weighted by Crippen LogP contribution is 2.24. The fraction of sp³-hybridized carbons (Fsp3) is 0.444. The first-order valence-corrected chi connectivity index (χ1v) is 9.96. The van der Waals surface area contributed by atoms with Crippen LogP contribution in [0.15, 0.2) is 27.5 Å². The molecular formula is C18H22N6O2S. The van der Waals surface area contributed by atoms with Crippen LogP contribution in [-0.2, 0) is 6.54 Å². The van der Waals surface area contributed by atoms with Crippen LogP contribution in [0.2, 0.25) is 0 Å². The summed E-state index contributed by atoms with van der Waals surface area (Å²) >= 11 is 1.65. The van der Waals surface area contributed by atoms with Gasteiger partial charge in [0.05, 0.1) is 6.20 Å². The number of thiophene rings is 1. The molecular weight excluding hydrogens is 364 g/mol. The van der Waals surface area contributed by atoms with Crippen molar-refractivity contribution in [3.8, 4) is 11.3 Å². The molecule has 4 rings (SSSR count). The molecule has 3 aromatic rings. The molecule has 9 heteroatoms. The van der Waals surface area contributed by atoms with Crippen molar-refractivity contribution in [1.82, 2.24) is 25.1 Å². The highest BCUT2D eigenvalue weighted by atomic mass is 32.1. The summed E-state index contributed by atoms with van der Waals surface area (Å²) in [5.41, 5.74) is 3.39. The third-order valence-electron chi connectivity index (χ3n) is 4.97. The van der Waals surface area contributed by atoms with Gasteiger partial charge in [0, 0.05) is 30.6 Å². The molecule has 2 amide bonds. The van der Waals surface area contributed by atoms with Gasteiger partial charge in [-0.1, -0.05) is 10.4 Å². The quantitative estimate of drug-likeness (QED) is 0.741. The third kappa shape index (κ3) is 3.87. The van der Waals surface area contributed by atoms with Gasteiger partial charge in [0.15, 0.2) is 5.76 Å². The Morgan fingerprint density at radius 1 is 1.37 bits per heavy atom. The number of carbonyl (C=O) groups is 1. The third-order valence-corrected chi connectivity index (χ3v) is 5.65. The zero-order valence-electron chi connectivity index (χ0n) is 15.4. The second-order valence-electron chi connectivity index (χ2n) is 6.90. The maximum atomic E-state index is 12.5. The number of hydrogen-bond donors (Lipinski definition) is 1. The highest BCUT2D eigenvalue weighted by molar-refractivity contribution is 7.08. The van der Waals surface area contributed by atoms with Gasteiger partial charge in [0.2, 0.25) is 0 Å². The van der Waals surface area contributed by atoms with Crippen molar-refractivity contribution in [2.24, 2.45) is 5.92 Å². The maximum Gasteiger partial charge on any atom is 0.321 e. The van der Waals surface area contributed by atoms with E-state index in [1.54, 1.807) is 18.3 Å². The molecule has 0 aliphatic carbocycles. The van der Waals surface area contributed by atoms with E-state index in [4.69, 9.17) is 4.52 Å². The number of urea groups is 1. The molecule has 1 saturated heterocycles. The molecule has 3 aromatic heterocycles. The lowest BCUT2D eigenvalue weighted by molar-refractivity contribution is 0.175. The fourth-order valence-electron chi connectivity index (χ4n) is 3.36. The van der Waals surface area contributed by atoms with Crippen LogP contribution in [0.1, 0.15) is 24.3 Å². The SMILES string of the molecule is Cc1noc(C)c1NC(=O)N1CCC(Cn2cc(-c3ccsc3)nn2)CC1. The molecule has 0 spiro atoms. The minimum absolute atomic E-state index is 0.0941. The number of rotatable bonds is 4. The van der Waals surface area contributed by atoms with E-state index in [1.165, 1.54) is 0 Å². The molecule has 4 heterocycles. The monoisotopic (exact) mass is 386 g/mol. The van der Waals surface area contributed by atoms with Crippen molar-refractivity contribution in [2.45, 2.75) is 33.2 Å². The molecule has 1 fully saturated rings. The summed E-state index contributed by atoms with van der Waals surface area (Å²) < 4.78 is 7.01. The number of aryl methyl sites for hydroxylation is 2. The molecule has 0 atom stereocenters. The van der Waals surface area contributed by atoms with E-state index in [1.807, 2.05) is 28.1 Å². The van der Waals surface area contributed by atoms with Crippen molar-refractivity contribution < 1.29 is 9.32 Å². The second-order valence-corrected chi connectivity index (χ2v) is 7.68. The van der Waals surface area contributed by atoms with Gasteiger partial charge < -0.3 is 14.7 Å². The largest absolute Gasteiger partial charge is 0.359 e. The van der Waals surface area contributed by atoms with E-state index < -0.39 is 0 Å². The van der Waals surface area contributed by atoms with Crippen LogP contribution in [0, 0.1) is 19.8 Å². The van der Waals surface area contributed by atoms with Gasteiger partial charge in [-0.05, 0) is 44.1 Å². The average molecular weight is 386 g/mol. The second kappa shape index (κ2) is 7.51. The van der Waals surface area contributed by atoms with Crippen molar-refractivity contribution in [3.05, 3.63) is 34.5 Å². The fourth-order valence-corrected chi connectivity index (χ4v) is 4.01. The lowest BCUT2D eigenvalue weighted by atomic mass is 9.97. The van der Waals surface area contributed by atoms with Crippen LogP contribution in [-0.4, -0.2) is 44.2 Å². The minimum atomic E-state index is -0.0941. The van der Waals surface area contributed by atoms with Crippen LogP contribution in [0.25, 0.3) is 11.3 Å². The molecule has 27 heavy (non-hydrogen) atoms. The van der Waals surface area contributed by atoms with E-state index in [0.29, 0.717) is 23.1 Å². The maximum absolute atomic E-state index is 12.5. The van der Waals surface area contributed by atoms with Gasteiger partial charge in [0.25, 0.3) is 0 Å². The molecule has 142 valence electrons. The first-order chi connectivity index (χ1) is 13.1. The Kier molecular flexibility index (Phi) is 4.93. The molecule has 1 N–H and O–H groups in total. The van der Waals surface area contributed by atoms with Gasteiger partial charge in [-0.3, -0.25) is 4.68 Å². The summed E-state index contributed by atoms with van der Waals surface area (Å²) in [4.78, 5) is 14.3. The van der Waals surface area contributed by atoms with E-state index in [2.05, 4.69) is 32.2 Å². The Bertz CT molecular complexity index is 889. The molecule has 0 aromatic carbocycles. The zero-order chi connectivity index (χ0) is 18.8. The van der Waals surface area contributed by atoms with Crippen molar-refractivity contribution in [2.75, 3.05) is 18.4 Å². The molecule has 0 saturated carbocycles. The Morgan fingerprint density at radius 2 is 2.19 bits per heavy atom. The number of amides is 2. The molecule has 0 unspecified atom stereocenters. The van der Waals surface area contributed by atoms with Gasteiger partial charge in [0.1, 0.15) is 17.1 Å². The summed E-state index contributed by atoms with van der Waals surface area (Å²) in [6.07, 6.45) is 3.89. The molecule has 1 aliphatic rings. The van der Waals surface area contributed by atoms with Crippen LogP contribution >= 0.6 is 11.3 Å². The molecule has 1 aliphatic heterocycles. The predicted octanol–water partition coefficient (Wildman–Crippen LogP) is 3.56. The summed E-state index contributed by atoms with van der Waals surface area (Å²) in [7, 11) is 0. The van der Waals surface area contributed by atoms with E-state index in [0.717, 1.165) is 43.7 Å². The lowest BCUT2D eigenvalue weighted by Crippen LogP contribution is -2.41. The van der Waals surface area contributed by atoms with E-state index in [9.17, 15) is 4.79 Å². The van der Waals surface area contributed by atoms with Crippen LogP contribution in [0.3, 0.4) is 0 Å². The Hall–Kier alpha value is -2.68. The Morgan fingerprint density at radius 3 is 2.85 bits per heavy atom. The smallest absolute Gasteiger partial charge is 0.321 e. The van der Waals surface area contributed by atoms with E-state index >= 15 is 0 Å². The lowest BCUT2D eigenvalue weighted by Gasteiger charge is -2.31. The van der Waals surface area contributed by atoms with Gasteiger partial charge in [-0.2, -0.15) is 11.3 Å². The van der Waals surface area contributed by atoms with Gasteiger partial charge >= 0.3 is 6.03 Å².